The highest BCUT2D eigenvalue weighted by Gasteiger charge is 2.31. The molecule has 0 spiro atoms. The predicted molar refractivity (Wildman–Crippen MR) is 120 cm³/mol. The lowest BCUT2D eigenvalue weighted by atomic mass is 10.1. The number of thiocarbonyl (C=S) groups is 1. The number of nitrogens with zero attached hydrogens (tertiary/aromatic N) is 3. The van der Waals surface area contributed by atoms with E-state index in [9.17, 15) is 9.59 Å². The summed E-state index contributed by atoms with van der Waals surface area (Å²) in [6.07, 6.45) is 1.64. The second-order valence-corrected chi connectivity index (χ2v) is 7.42. The minimum Gasteiger partial charge on any atom is -0.372 e. The molecule has 152 valence electrons. The van der Waals surface area contributed by atoms with E-state index in [1.807, 2.05) is 19.9 Å². The first kappa shape index (κ1) is 20.8. The highest BCUT2D eigenvalue weighted by molar-refractivity contribution is 7.80. The van der Waals surface area contributed by atoms with E-state index in [1.54, 1.807) is 13.1 Å². The minimum atomic E-state index is -0.466. The van der Waals surface area contributed by atoms with Gasteiger partial charge in [-0.2, -0.15) is 0 Å². The molecule has 29 heavy (non-hydrogen) atoms. The van der Waals surface area contributed by atoms with Gasteiger partial charge in [-0.3, -0.25) is 19.8 Å². The zero-order valence-corrected chi connectivity index (χ0v) is 18.3. The van der Waals surface area contributed by atoms with Gasteiger partial charge in [0.1, 0.15) is 5.57 Å². The van der Waals surface area contributed by atoms with E-state index in [4.69, 9.17) is 12.2 Å². The number of nitrogens with one attached hydrogen (secondary N) is 1. The number of aryl methyl sites for hydroxylation is 1. The molecule has 0 saturated carbocycles. The number of carbonyl (C=O) groups is 2. The van der Waals surface area contributed by atoms with Crippen LogP contribution in [0.5, 0.6) is 0 Å². The Hall–Kier alpha value is -2.93. The maximum absolute atomic E-state index is 12.5. The van der Waals surface area contributed by atoms with E-state index in [0.717, 1.165) is 35.7 Å². The van der Waals surface area contributed by atoms with Crippen LogP contribution in [0.4, 0.5) is 5.69 Å². The number of rotatable bonds is 5. The fourth-order valence-electron chi connectivity index (χ4n) is 3.63. The third-order valence-corrected chi connectivity index (χ3v) is 5.69. The Bertz CT molecular complexity index is 1000. The topological polar surface area (TPSA) is 57.6 Å². The van der Waals surface area contributed by atoms with Gasteiger partial charge < -0.3 is 9.47 Å². The lowest BCUT2D eigenvalue weighted by molar-refractivity contribution is -0.128. The Morgan fingerprint density at radius 1 is 1.10 bits per heavy atom. The number of benzene rings is 1. The Kier molecular flexibility index (Phi) is 5.88. The van der Waals surface area contributed by atoms with Crippen LogP contribution in [-0.4, -0.2) is 46.5 Å². The van der Waals surface area contributed by atoms with Crippen LogP contribution in [-0.2, 0) is 9.59 Å². The number of hydrogen-bond donors (Lipinski definition) is 1. The average molecular weight is 411 g/mol. The van der Waals surface area contributed by atoms with E-state index in [1.165, 1.54) is 10.6 Å². The zero-order valence-electron chi connectivity index (χ0n) is 17.4. The summed E-state index contributed by atoms with van der Waals surface area (Å²) < 4.78 is 2.12. The Morgan fingerprint density at radius 2 is 1.72 bits per heavy atom. The van der Waals surface area contributed by atoms with Crippen LogP contribution in [0.3, 0.4) is 0 Å². The van der Waals surface area contributed by atoms with Crippen molar-refractivity contribution < 1.29 is 9.59 Å². The third kappa shape index (κ3) is 3.82. The lowest BCUT2D eigenvalue weighted by Crippen LogP contribution is -2.52. The molecule has 1 aromatic heterocycles. The summed E-state index contributed by atoms with van der Waals surface area (Å²) >= 11 is 5.00. The molecule has 2 heterocycles. The highest BCUT2D eigenvalue weighted by atomic mass is 32.1. The molecule has 0 bridgehead atoms. The molecule has 7 heteroatoms. The highest BCUT2D eigenvalue weighted by Crippen LogP contribution is 2.25. The van der Waals surface area contributed by atoms with Crippen LogP contribution in [0, 0.1) is 13.8 Å². The largest absolute Gasteiger partial charge is 0.372 e. The van der Waals surface area contributed by atoms with Gasteiger partial charge in [-0.1, -0.05) is 0 Å². The van der Waals surface area contributed by atoms with Crippen molar-refractivity contribution in [1.29, 1.82) is 0 Å². The van der Waals surface area contributed by atoms with Gasteiger partial charge in [0.25, 0.3) is 11.8 Å². The summed E-state index contributed by atoms with van der Waals surface area (Å²) in [7, 11) is 1.55. The van der Waals surface area contributed by atoms with E-state index in [0.29, 0.717) is 0 Å². The molecule has 0 radical (unpaired) electrons. The van der Waals surface area contributed by atoms with Crippen LogP contribution < -0.4 is 10.2 Å². The number of anilines is 1. The lowest BCUT2D eigenvalue weighted by Gasteiger charge is -2.25. The second-order valence-electron chi connectivity index (χ2n) is 7.03. The summed E-state index contributed by atoms with van der Waals surface area (Å²) in [5.41, 5.74) is 5.12. The monoisotopic (exact) mass is 410 g/mol. The van der Waals surface area contributed by atoms with Crippen molar-refractivity contribution in [3.63, 3.8) is 0 Å². The van der Waals surface area contributed by atoms with Crippen molar-refractivity contribution in [3.05, 3.63) is 52.9 Å². The van der Waals surface area contributed by atoms with Crippen molar-refractivity contribution in [3.8, 4) is 5.69 Å². The van der Waals surface area contributed by atoms with Crippen molar-refractivity contribution in [2.24, 2.45) is 0 Å². The van der Waals surface area contributed by atoms with Gasteiger partial charge in [0.05, 0.1) is 0 Å². The molecule has 3 rings (SSSR count). The Morgan fingerprint density at radius 3 is 2.31 bits per heavy atom. The van der Waals surface area contributed by atoms with Crippen LogP contribution >= 0.6 is 12.2 Å². The molecule has 1 N–H and O–H groups in total. The molecule has 1 aliphatic rings. The van der Waals surface area contributed by atoms with E-state index < -0.39 is 11.8 Å². The van der Waals surface area contributed by atoms with Gasteiger partial charge in [-0.15, -0.1) is 0 Å². The molecule has 1 saturated heterocycles. The first-order valence-electron chi connectivity index (χ1n) is 9.67. The number of carbonyl (C=O) groups excluding carboxylic acids is 2. The van der Waals surface area contributed by atoms with Crippen molar-refractivity contribution in [1.82, 2.24) is 14.8 Å². The Labute approximate surface area is 176 Å². The van der Waals surface area contributed by atoms with E-state index in [-0.39, 0.29) is 10.7 Å². The summed E-state index contributed by atoms with van der Waals surface area (Å²) in [4.78, 5) is 28.3. The number of likely N-dealkylation sites (N-methyl/N-ethyl adjacent to an activating group) is 1. The minimum absolute atomic E-state index is 0.0817. The smallest absolute Gasteiger partial charge is 0.265 e. The zero-order chi connectivity index (χ0) is 21.3. The summed E-state index contributed by atoms with van der Waals surface area (Å²) in [5, 5.41) is 2.67. The maximum Gasteiger partial charge on any atom is 0.265 e. The summed E-state index contributed by atoms with van der Waals surface area (Å²) in [6.45, 7) is 10.2. The second kappa shape index (κ2) is 8.21. The first-order valence-corrected chi connectivity index (χ1v) is 10.1. The Balaban J connectivity index is 1.98. The fraction of sp³-hybridized carbons (Fsp3) is 0.318. The van der Waals surface area contributed by atoms with Crippen molar-refractivity contribution >= 4 is 40.9 Å². The average Bonchev–Trinajstić information content (AvgIpc) is 2.98. The van der Waals surface area contributed by atoms with Crippen LogP contribution in [0.25, 0.3) is 11.8 Å². The number of hydrogen-bond acceptors (Lipinski definition) is 4. The van der Waals surface area contributed by atoms with Crippen LogP contribution in [0.2, 0.25) is 0 Å². The van der Waals surface area contributed by atoms with E-state index in [2.05, 4.69) is 52.9 Å². The van der Waals surface area contributed by atoms with Gasteiger partial charge in [0.15, 0.2) is 5.11 Å². The molecule has 1 aromatic carbocycles. The molecule has 2 aromatic rings. The molecule has 1 aliphatic heterocycles. The van der Waals surface area contributed by atoms with E-state index >= 15 is 0 Å². The third-order valence-electron chi connectivity index (χ3n) is 5.31. The molecule has 2 amide bonds. The summed E-state index contributed by atoms with van der Waals surface area (Å²) in [5.74, 6) is -0.862. The van der Waals surface area contributed by atoms with Crippen LogP contribution in [0.15, 0.2) is 35.9 Å². The summed E-state index contributed by atoms with van der Waals surface area (Å²) in [6, 6.07) is 10.4. The van der Waals surface area contributed by atoms with Gasteiger partial charge in [0, 0.05) is 42.9 Å². The van der Waals surface area contributed by atoms with Crippen molar-refractivity contribution in [2.45, 2.75) is 27.7 Å². The van der Waals surface area contributed by atoms with Crippen molar-refractivity contribution in [2.75, 3.05) is 25.0 Å². The molecular formula is C22H26N4O2S. The maximum atomic E-state index is 12.5. The van der Waals surface area contributed by atoms with Gasteiger partial charge in [-0.05, 0) is 81.9 Å². The van der Waals surface area contributed by atoms with Gasteiger partial charge in [0.2, 0.25) is 0 Å². The fourth-order valence-corrected chi connectivity index (χ4v) is 3.81. The standard InChI is InChI=1S/C22H26N4O2S/c1-6-25(7-2)17-8-10-18(11-9-17)26-14(3)12-16(15(26)4)13-19-20(27)23-22(29)24(5)21(19)28/h8-13H,6-7H2,1-5H3,(H,23,27,29)/b19-13+. The van der Waals surface area contributed by atoms with Gasteiger partial charge >= 0.3 is 0 Å². The van der Waals surface area contributed by atoms with Gasteiger partial charge in [-0.25, -0.2) is 0 Å². The number of aromatic nitrogens is 1. The molecule has 1 fully saturated rings. The molecular weight excluding hydrogens is 384 g/mol. The number of amides is 2. The predicted octanol–water partition coefficient (Wildman–Crippen LogP) is 3.20. The molecule has 0 aliphatic carbocycles. The van der Waals surface area contributed by atoms with Crippen LogP contribution in [0.1, 0.15) is 30.8 Å². The molecule has 0 atom stereocenters. The molecule has 0 unspecified atom stereocenters. The first-order chi connectivity index (χ1) is 13.8. The SMILES string of the molecule is CCN(CC)c1ccc(-n2c(C)cc(/C=C3\C(=O)NC(=S)N(C)C3=O)c2C)cc1. The molecule has 6 nitrogen and oxygen atoms in total. The normalized spacial score (nSPS) is 15.8. The quantitative estimate of drug-likeness (QED) is 0.467.